The lowest BCUT2D eigenvalue weighted by molar-refractivity contribution is 0.167. The second kappa shape index (κ2) is 10.0. The van der Waals surface area contributed by atoms with E-state index >= 15 is 0 Å². The van der Waals surface area contributed by atoms with Crippen LogP contribution in [0.15, 0.2) is 24.5 Å². The standard InChI is InChI=1S/C20H29N7O2/c1-4-6-16(5-2)29-20-25-18(21)19-24-13-15(27(19)26-20)11-14-7-8-17(23-12-14)28-10-9-22-3/h7-8,12-13,16,22H,4-6,9-11H2,1-3H3,(H2,21,25,26). The van der Waals surface area contributed by atoms with Crippen LogP contribution in [0.5, 0.6) is 11.9 Å². The minimum Gasteiger partial charge on any atom is -0.476 e. The number of hydrogen-bond acceptors (Lipinski definition) is 8. The molecule has 0 radical (unpaired) electrons. The lowest BCUT2D eigenvalue weighted by Crippen LogP contribution is -2.18. The van der Waals surface area contributed by atoms with Gasteiger partial charge in [-0.1, -0.05) is 26.3 Å². The zero-order chi connectivity index (χ0) is 20.6. The van der Waals surface area contributed by atoms with Crippen molar-refractivity contribution in [1.82, 2.24) is 29.9 Å². The normalized spacial score (nSPS) is 12.2. The molecule has 3 rings (SSSR count). The third-order valence-corrected chi connectivity index (χ3v) is 4.56. The molecule has 29 heavy (non-hydrogen) atoms. The molecule has 3 heterocycles. The molecule has 0 aliphatic rings. The Morgan fingerprint density at radius 2 is 2.07 bits per heavy atom. The average Bonchev–Trinajstić information content (AvgIpc) is 3.12. The third-order valence-electron chi connectivity index (χ3n) is 4.56. The fraction of sp³-hybridized carbons (Fsp3) is 0.500. The topological polar surface area (TPSA) is 112 Å². The molecule has 0 amide bonds. The van der Waals surface area contributed by atoms with E-state index in [0.29, 0.717) is 30.4 Å². The highest BCUT2D eigenvalue weighted by atomic mass is 16.5. The maximum Gasteiger partial charge on any atom is 0.336 e. The molecule has 0 saturated carbocycles. The molecule has 9 heteroatoms. The first-order chi connectivity index (χ1) is 14.1. The smallest absolute Gasteiger partial charge is 0.336 e. The maximum atomic E-state index is 6.08. The summed E-state index contributed by atoms with van der Waals surface area (Å²) < 4.78 is 13.2. The molecule has 156 valence electrons. The van der Waals surface area contributed by atoms with Gasteiger partial charge in [-0.05, 0) is 25.5 Å². The lowest BCUT2D eigenvalue weighted by Gasteiger charge is -2.15. The highest BCUT2D eigenvalue weighted by Crippen LogP contribution is 2.19. The van der Waals surface area contributed by atoms with Crippen molar-refractivity contribution >= 4 is 11.5 Å². The molecule has 3 N–H and O–H groups in total. The zero-order valence-electron chi connectivity index (χ0n) is 17.3. The minimum absolute atomic E-state index is 0.0727. The van der Waals surface area contributed by atoms with E-state index in [9.17, 15) is 0 Å². The van der Waals surface area contributed by atoms with Crippen LogP contribution < -0.4 is 20.5 Å². The number of pyridine rings is 1. The summed E-state index contributed by atoms with van der Waals surface area (Å²) in [5.41, 5.74) is 8.51. The van der Waals surface area contributed by atoms with Crippen LogP contribution in [-0.2, 0) is 6.42 Å². The van der Waals surface area contributed by atoms with Crippen molar-refractivity contribution in [2.75, 3.05) is 25.9 Å². The summed E-state index contributed by atoms with van der Waals surface area (Å²) in [6, 6.07) is 4.13. The molecule has 0 bridgehead atoms. The number of ether oxygens (including phenoxy) is 2. The number of nitrogens with two attached hydrogens (primary N) is 1. The predicted molar refractivity (Wildman–Crippen MR) is 111 cm³/mol. The van der Waals surface area contributed by atoms with E-state index in [1.807, 2.05) is 19.2 Å². The van der Waals surface area contributed by atoms with E-state index in [-0.39, 0.29) is 12.1 Å². The Labute approximate surface area is 170 Å². The number of nitrogen functional groups attached to an aromatic ring is 1. The number of fused-ring (bicyclic) bond motifs is 1. The van der Waals surface area contributed by atoms with Crippen molar-refractivity contribution in [1.29, 1.82) is 0 Å². The first-order valence-corrected chi connectivity index (χ1v) is 10.0. The maximum absolute atomic E-state index is 6.08. The Morgan fingerprint density at radius 1 is 1.21 bits per heavy atom. The molecule has 3 aromatic heterocycles. The van der Waals surface area contributed by atoms with E-state index in [1.54, 1.807) is 16.9 Å². The molecule has 3 aromatic rings. The molecular formula is C20H29N7O2. The van der Waals surface area contributed by atoms with Crippen LogP contribution in [0.2, 0.25) is 0 Å². The summed E-state index contributed by atoms with van der Waals surface area (Å²) in [4.78, 5) is 13.0. The molecule has 1 unspecified atom stereocenters. The first kappa shape index (κ1) is 20.8. The summed E-state index contributed by atoms with van der Waals surface area (Å²) >= 11 is 0. The number of nitrogens with one attached hydrogen (secondary N) is 1. The lowest BCUT2D eigenvalue weighted by atomic mass is 10.2. The second-order valence-electron chi connectivity index (χ2n) is 6.83. The van der Waals surface area contributed by atoms with Gasteiger partial charge < -0.3 is 20.5 Å². The SMILES string of the molecule is CCCC(CC)Oc1nc(N)c2ncc(Cc3ccc(OCCNC)nc3)n2n1. The van der Waals surface area contributed by atoms with E-state index in [2.05, 4.69) is 39.2 Å². The highest BCUT2D eigenvalue weighted by molar-refractivity contribution is 5.59. The first-order valence-electron chi connectivity index (χ1n) is 10.0. The summed E-state index contributed by atoms with van der Waals surface area (Å²) in [6.45, 7) is 5.56. The molecule has 0 aliphatic carbocycles. The van der Waals surface area contributed by atoms with Crippen LogP contribution in [0.4, 0.5) is 5.82 Å². The van der Waals surface area contributed by atoms with Crippen LogP contribution in [0.1, 0.15) is 44.4 Å². The summed E-state index contributed by atoms with van der Waals surface area (Å²) in [5.74, 6) is 0.907. The van der Waals surface area contributed by atoms with E-state index in [4.69, 9.17) is 15.2 Å². The Morgan fingerprint density at radius 3 is 2.76 bits per heavy atom. The molecule has 0 spiro atoms. The number of imidazole rings is 1. The number of hydrogen-bond donors (Lipinski definition) is 2. The van der Waals surface area contributed by atoms with Crippen LogP contribution in [0, 0.1) is 0 Å². The summed E-state index contributed by atoms with van der Waals surface area (Å²) in [7, 11) is 1.88. The number of nitrogens with zero attached hydrogens (tertiary/aromatic N) is 5. The van der Waals surface area contributed by atoms with Crippen molar-refractivity contribution in [3.05, 3.63) is 35.8 Å². The Hall–Kier alpha value is -2.94. The number of aromatic nitrogens is 5. The highest BCUT2D eigenvalue weighted by Gasteiger charge is 2.15. The Balaban J connectivity index is 1.77. The average molecular weight is 399 g/mol. The van der Waals surface area contributed by atoms with Gasteiger partial charge in [-0.2, -0.15) is 4.98 Å². The molecule has 0 saturated heterocycles. The van der Waals surface area contributed by atoms with Gasteiger partial charge in [0, 0.05) is 25.2 Å². The van der Waals surface area contributed by atoms with Gasteiger partial charge in [0.05, 0.1) is 11.9 Å². The number of anilines is 1. The van der Waals surface area contributed by atoms with Gasteiger partial charge in [0.15, 0.2) is 11.5 Å². The van der Waals surface area contributed by atoms with Gasteiger partial charge in [0.25, 0.3) is 0 Å². The fourth-order valence-corrected chi connectivity index (χ4v) is 2.98. The largest absolute Gasteiger partial charge is 0.476 e. The molecular weight excluding hydrogens is 370 g/mol. The fourth-order valence-electron chi connectivity index (χ4n) is 2.98. The second-order valence-corrected chi connectivity index (χ2v) is 6.83. The Bertz CT molecular complexity index is 911. The molecule has 9 nitrogen and oxygen atoms in total. The van der Waals surface area contributed by atoms with Crippen molar-refractivity contribution in [2.45, 2.75) is 45.6 Å². The van der Waals surface area contributed by atoms with Crippen molar-refractivity contribution in [3.8, 4) is 11.9 Å². The van der Waals surface area contributed by atoms with E-state index in [0.717, 1.165) is 37.1 Å². The van der Waals surface area contributed by atoms with Crippen molar-refractivity contribution in [2.24, 2.45) is 0 Å². The van der Waals surface area contributed by atoms with Gasteiger partial charge in [0.2, 0.25) is 5.88 Å². The summed E-state index contributed by atoms with van der Waals surface area (Å²) in [5, 5.41) is 7.55. The van der Waals surface area contributed by atoms with Crippen LogP contribution in [0.25, 0.3) is 5.65 Å². The van der Waals surface area contributed by atoms with E-state index < -0.39 is 0 Å². The monoisotopic (exact) mass is 399 g/mol. The zero-order valence-corrected chi connectivity index (χ0v) is 17.3. The molecule has 0 aliphatic heterocycles. The molecule has 1 atom stereocenters. The summed E-state index contributed by atoms with van der Waals surface area (Å²) in [6.07, 6.45) is 7.10. The van der Waals surface area contributed by atoms with Gasteiger partial charge in [-0.3, -0.25) is 0 Å². The van der Waals surface area contributed by atoms with Gasteiger partial charge in [0.1, 0.15) is 12.7 Å². The molecule has 0 fully saturated rings. The number of rotatable bonds is 11. The van der Waals surface area contributed by atoms with E-state index in [1.165, 1.54) is 0 Å². The van der Waals surface area contributed by atoms with Gasteiger partial charge >= 0.3 is 6.01 Å². The van der Waals surface area contributed by atoms with Crippen LogP contribution in [-0.4, -0.2) is 50.9 Å². The quantitative estimate of drug-likeness (QED) is 0.472. The van der Waals surface area contributed by atoms with Crippen molar-refractivity contribution < 1.29 is 9.47 Å². The van der Waals surface area contributed by atoms with Gasteiger partial charge in [-0.25, -0.2) is 14.5 Å². The minimum atomic E-state index is 0.0727. The Kier molecular flexibility index (Phi) is 7.18. The van der Waals surface area contributed by atoms with Crippen LogP contribution in [0.3, 0.4) is 0 Å². The van der Waals surface area contributed by atoms with Crippen LogP contribution >= 0.6 is 0 Å². The van der Waals surface area contributed by atoms with Crippen molar-refractivity contribution in [3.63, 3.8) is 0 Å². The van der Waals surface area contributed by atoms with Gasteiger partial charge in [-0.15, -0.1) is 5.10 Å². The predicted octanol–water partition coefficient (Wildman–Crippen LogP) is 2.25. The third kappa shape index (κ3) is 5.32. The molecule has 0 aromatic carbocycles. The number of likely N-dealkylation sites (N-methyl/N-ethyl adjacent to an activating group) is 1.